The highest BCUT2D eigenvalue weighted by atomic mass is 79.9. The van der Waals surface area contributed by atoms with Crippen molar-refractivity contribution in [3.8, 4) is 0 Å². The molecule has 0 fully saturated rings. The fraction of sp³-hybridized carbons (Fsp3) is 0.333. The molecule has 1 aromatic heterocycles. The number of carbonyl (C=O) groups excluding carboxylic acids is 1. The second kappa shape index (κ2) is 6.68. The number of carbonyl (C=O) groups is 1. The van der Waals surface area contributed by atoms with Crippen LogP contribution in [-0.2, 0) is 11.2 Å². The van der Waals surface area contributed by atoms with Gasteiger partial charge >= 0.3 is 5.63 Å². The summed E-state index contributed by atoms with van der Waals surface area (Å²) in [5.74, 6) is 0.0764. The number of halogens is 2. The molecule has 20 heavy (non-hydrogen) atoms. The Hall–Kier alpha value is -0.940. The molecule has 0 saturated carbocycles. The van der Waals surface area contributed by atoms with Gasteiger partial charge in [0.15, 0.2) is 5.58 Å². The molecule has 106 valence electrons. The van der Waals surface area contributed by atoms with Crippen molar-refractivity contribution >= 4 is 48.6 Å². The molecule has 1 heterocycles. The fourth-order valence-electron chi connectivity index (χ4n) is 2.00. The van der Waals surface area contributed by atoms with Crippen molar-refractivity contribution in [1.82, 2.24) is 0 Å². The lowest BCUT2D eigenvalue weighted by Gasteiger charge is -2.04. The van der Waals surface area contributed by atoms with E-state index in [2.05, 4.69) is 31.9 Å². The molecule has 0 atom stereocenters. The first-order chi connectivity index (χ1) is 9.51. The molecule has 0 aliphatic rings. The summed E-state index contributed by atoms with van der Waals surface area (Å²) in [6.07, 6.45) is 2.48. The van der Waals surface area contributed by atoms with E-state index in [1.165, 1.54) is 0 Å². The number of fused-ring (bicyclic) bond motifs is 1. The Morgan fingerprint density at radius 1 is 1.25 bits per heavy atom. The van der Waals surface area contributed by atoms with E-state index >= 15 is 0 Å². The van der Waals surface area contributed by atoms with Crippen LogP contribution in [-0.4, -0.2) is 5.78 Å². The number of ketones is 1. The van der Waals surface area contributed by atoms with Gasteiger partial charge in [-0.05, 0) is 40.5 Å². The first kappa shape index (κ1) is 15.4. The molecule has 0 aliphatic heterocycles. The maximum Gasteiger partial charge on any atom is 0.339 e. The van der Waals surface area contributed by atoms with Crippen LogP contribution in [0.2, 0.25) is 0 Å². The van der Waals surface area contributed by atoms with Crippen LogP contribution in [0.3, 0.4) is 0 Å². The van der Waals surface area contributed by atoms with E-state index in [1.54, 1.807) is 6.07 Å². The van der Waals surface area contributed by atoms with Crippen LogP contribution >= 0.6 is 31.9 Å². The smallest absolute Gasteiger partial charge is 0.339 e. The molecule has 0 unspecified atom stereocenters. The summed E-state index contributed by atoms with van der Waals surface area (Å²) in [6.45, 7) is 2.03. The van der Waals surface area contributed by atoms with Crippen molar-refractivity contribution in [2.24, 2.45) is 0 Å². The van der Waals surface area contributed by atoms with Crippen LogP contribution in [0.15, 0.2) is 36.4 Å². The van der Waals surface area contributed by atoms with Crippen molar-refractivity contribution in [3.63, 3.8) is 0 Å². The number of unbranched alkanes of at least 4 members (excludes halogenated alkanes) is 1. The van der Waals surface area contributed by atoms with Crippen molar-refractivity contribution in [3.05, 3.63) is 43.1 Å². The van der Waals surface area contributed by atoms with Gasteiger partial charge in [0.25, 0.3) is 0 Å². The minimum Gasteiger partial charge on any atom is -0.421 e. The zero-order chi connectivity index (χ0) is 14.7. The lowest BCUT2D eigenvalue weighted by molar-refractivity contribution is -0.118. The van der Waals surface area contributed by atoms with Crippen LogP contribution in [0.4, 0.5) is 0 Å². The average Bonchev–Trinajstić information content (AvgIpc) is 2.38. The predicted octanol–water partition coefficient (Wildman–Crippen LogP) is 4.62. The zero-order valence-electron chi connectivity index (χ0n) is 11.0. The van der Waals surface area contributed by atoms with Crippen LogP contribution < -0.4 is 5.63 Å². The lowest BCUT2D eigenvalue weighted by Crippen LogP contribution is -2.12. The van der Waals surface area contributed by atoms with Gasteiger partial charge in [-0.1, -0.05) is 29.3 Å². The van der Waals surface area contributed by atoms with Gasteiger partial charge in [-0.15, -0.1) is 0 Å². The number of benzene rings is 1. The zero-order valence-corrected chi connectivity index (χ0v) is 14.2. The number of hydrogen-bond acceptors (Lipinski definition) is 3. The van der Waals surface area contributed by atoms with Crippen LogP contribution in [0.1, 0.15) is 31.7 Å². The summed E-state index contributed by atoms with van der Waals surface area (Å²) in [7, 11) is 0. The summed E-state index contributed by atoms with van der Waals surface area (Å²) in [4.78, 5) is 23.7. The van der Waals surface area contributed by atoms with E-state index in [-0.39, 0.29) is 12.2 Å². The van der Waals surface area contributed by atoms with Gasteiger partial charge in [-0.2, -0.15) is 0 Å². The third-order valence-corrected chi connectivity index (χ3v) is 4.07. The van der Waals surface area contributed by atoms with Gasteiger partial charge in [0.05, 0.1) is 4.47 Å². The van der Waals surface area contributed by atoms with Gasteiger partial charge in [-0.25, -0.2) is 4.79 Å². The van der Waals surface area contributed by atoms with Crippen molar-refractivity contribution in [2.75, 3.05) is 0 Å². The first-order valence-corrected chi connectivity index (χ1v) is 8.03. The molecule has 1 aromatic carbocycles. The molecule has 0 N–H and O–H groups in total. The molecule has 2 aromatic rings. The number of Topliss-reactive ketones (excluding diaryl/α,β-unsaturated/α-hetero) is 1. The molecule has 0 radical (unpaired) electrons. The first-order valence-electron chi connectivity index (χ1n) is 6.44. The second-order valence-electron chi connectivity index (χ2n) is 4.68. The van der Waals surface area contributed by atoms with Gasteiger partial charge in [-0.3, -0.25) is 4.79 Å². The molecule has 2 rings (SSSR count). The third kappa shape index (κ3) is 3.58. The summed E-state index contributed by atoms with van der Waals surface area (Å²) < 4.78 is 6.90. The molecule has 5 heteroatoms. The molecule has 0 bridgehead atoms. The van der Waals surface area contributed by atoms with Crippen LogP contribution in [0.25, 0.3) is 11.0 Å². The number of rotatable bonds is 5. The van der Waals surface area contributed by atoms with Crippen molar-refractivity contribution < 1.29 is 9.21 Å². The molecule has 0 amide bonds. The summed E-state index contributed by atoms with van der Waals surface area (Å²) in [5, 5.41) is 0.796. The summed E-state index contributed by atoms with van der Waals surface area (Å²) in [6, 6.07) is 5.42. The number of hydrogen-bond donors (Lipinski definition) is 0. The Balaban J connectivity index is 2.38. The monoisotopic (exact) mass is 400 g/mol. The Kier molecular flexibility index (Phi) is 5.16. The third-order valence-electron chi connectivity index (χ3n) is 3.02. The van der Waals surface area contributed by atoms with Gasteiger partial charge in [0, 0.05) is 28.3 Å². The standard InChI is InChI=1S/C15H14Br2O3/c1-2-3-4-12(18)7-10-5-9-6-11(16)8-13(17)14(9)20-15(10)19/h5-6,8H,2-4,7H2,1H3. The highest BCUT2D eigenvalue weighted by Gasteiger charge is 2.12. The Bertz CT molecular complexity index is 704. The quantitative estimate of drug-likeness (QED) is 0.686. The van der Waals surface area contributed by atoms with E-state index in [4.69, 9.17) is 4.42 Å². The minimum absolute atomic E-state index is 0.0764. The fourth-order valence-corrected chi connectivity index (χ4v) is 3.34. The van der Waals surface area contributed by atoms with E-state index < -0.39 is 5.63 Å². The second-order valence-corrected chi connectivity index (χ2v) is 6.45. The molecular weight excluding hydrogens is 388 g/mol. The SMILES string of the molecule is CCCCC(=O)Cc1cc2cc(Br)cc(Br)c2oc1=O. The van der Waals surface area contributed by atoms with Crippen molar-refractivity contribution in [1.29, 1.82) is 0 Å². The molecule has 3 nitrogen and oxygen atoms in total. The van der Waals surface area contributed by atoms with Gasteiger partial charge in [0.1, 0.15) is 5.78 Å². The van der Waals surface area contributed by atoms with Crippen LogP contribution in [0, 0.1) is 0 Å². The molecule has 0 aliphatic carbocycles. The topological polar surface area (TPSA) is 47.3 Å². The molecular formula is C15H14Br2O3. The summed E-state index contributed by atoms with van der Waals surface area (Å²) >= 11 is 6.76. The largest absolute Gasteiger partial charge is 0.421 e. The normalized spacial score (nSPS) is 10.9. The maximum absolute atomic E-state index is 11.9. The molecule has 0 saturated heterocycles. The highest BCUT2D eigenvalue weighted by molar-refractivity contribution is 9.11. The Labute approximate surface area is 133 Å². The summed E-state index contributed by atoms with van der Waals surface area (Å²) in [5.41, 5.74) is 0.483. The van der Waals surface area contributed by atoms with E-state index in [1.807, 2.05) is 19.1 Å². The Morgan fingerprint density at radius 2 is 2.00 bits per heavy atom. The van der Waals surface area contributed by atoms with Gasteiger partial charge < -0.3 is 4.42 Å². The van der Waals surface area contributed by atoms with Crippen molar-refractivity contribution in [2.45, 2.75) is 32.6 Å². The predicted molar refractivity (Wildman–Crippen MR) is 86.1 cm³/mol. The van der Waals surface area contributed by atoms with E-state index in [0.29, 0.717) is 22.0 Å². The van der Waals surface area contributed by atoms with E-state index in [0.717, 1.165) is 22.7 Å². The van der Waals surface area contributed by atoms with E-state index in [9.17, 15) is 9.59 Å². The van der Waals surface area contributed by atoms with Gasteiger partial charge in [0.2, 0.25) is 0 Å². The van der Waals surface area contributed by atoms with Crippen LogP contribution in [0.5, 0.6) is 0 Å². The molecule has 0 spiro atoms. The maximum atomic E-state index is 11.9. The lowest BCUT2D eigenvalue weighted by atomic mass is 10.1. The highest BCUT2D eigenvalue weighted by Crippen LogP contribution is 2.28. The Morgan fingerprint density at radius 3 is 2.70 bits per heavy atom. The average molecular weight is 402 g/mol. The minimum atomic E-state index is -0.439.